The number of amides is 1. The van der Waals surface area contributed by atoms with Crippen LogP contribution in [0.2, 0.25) is 0 Å². The van der Waals surface area contributed by atoms with Crippen LogP contribution in [0, 0.1) is 0 Å². The van der Waals surface area contributed by atoms with Crippen LogP contribution in [0.15, 0.2) is 36.4 Å². The van der Waals surface area contributed by atoms with Crippen molar-refractivity contribution in [3.05, 3.63) is 64.5 Å². The summed E-state index contributed by atoms with van der Waals surface area (Å²) in [5, 5.41) is 4.76. The minimum Gasteiger partial charge on any atom is -0.480 e. The molecule has 3 rings (SSSR count). The molecule has 0 spiro atoms. The monoisotopic (exact) mass is 437 g/mol. The number of aromatic nitrogens is 2. The highest BCUT2D eigenvalue weighted by atomic mass is 16.6. The van der Waals surface area contributed by atoms with E-state index in [-0.39, 0.29) is 17.9 Å². The van der Waals surface area contributed by atoms with E-state index >= 15 is 0 Å². The number of fused-ring (bicyclic) bond motifs is 1. The first kappa shape index (κ1) is 23.0. The maximum atomic E-state index is 12.9. The van der Waals surface area contributed by atoms with Crippen LogP contribution in [0.25, 0.3) is 5.52 Å². The molecule has 168 valence electrons. The van der Waals surface area contributed by atoms with Crippen molar-refractivity contribution in [1.29, 1.82) is 0 Å². The van der Waals surface area contributed by atoms with Crippen LogP contribution in [-0.2, 0) is 33.6 Å². The van der Waals surface area contributed by atoms with Crippen LogP contribution in [0.5, 0.6) is 5.75 Å². The average Bonchev–Trinajstić information content (AvgIpc) is 3.10. The molecular formula is C24H27N3O5. The molecule has 8 nitrogen and oxygen atoms in total. The lowest BCUT2D eigenvalue weighted by Gasteiger charge is -2.11. The number of methoxy groups -OCH3 is 1. The second-order valence-electron chi connectivity index (χ2n) is 7.38. The number of hydrogen-bond acceptors (Lipinski definition) is 6. The molecule has 1 aromatic carbocycles. The summed E-state index contributed by atoms with van der Waals surface area (Å²) in [5.74, 6) is -2.15. The first-order valence-electron chi connectivity index (χ1n) is 10.5. The molecule has 0 aliphatic carbocycles. The van der Waals surface area contributed by atoms with Crippen LogP contribution in [0.1, 0.15) is 53.1 Å². The van der Waals surface area contributed by atoms with Gasteiger partial charge in [0, 0.05) is 12.5 Å². The summed E-state index contributed by atoms with van der Waals surface area (Å²) >= 11 is 0. The Morgan fingerprint density at radius 1 is 1.12 bits per heavy atom. The first-order chi connectivity index (χ1) is 15.4. The van der Waals surface area contributed by atoms with E-state index in [2.05, 4.69) is 4.74 Å². The molecule has 32 heavy (non-hydrogen) atoms. The summed E-state index contributed by atoms with van der Waals surface area (Å²) in [6.07, 6.45) is 2.50. The molecule has 0 aliphatic heterocycles. The van der Waals surface area contributed by atoms with Crippen LogP contribution in [0.3, 0.4) is 0 Å². The van der Waals surface area contributed by atoms with Gasteiger partial charge in [0.05, 0.1) is 24.1 Å². The smallest absolute Gasteiger partial charge is 0.343 e. The number of rotatable bonds is 10. The number of hydrogen-bond donors (Lipinski definition) is 1. The Morgan fingerprint density at radius 2 is 1.84 bits per heavy atom. The molecular weight excluding hydrogens is 410 g/mol. The molecule has 0 saturated heterocycles. The fourth-order valence-electron chi connectivity index (χ4n) is 3.77. The van der Waals surface area contributed by atoms with Gasteiger partial charge in [0.2, 0.25) is 0 Å². The lowest BCUT2D eigenvalue weighted by molar-refractivity contribution is -0.142. The minimum atomic E-state index is -1.06. The molecule has 0 bridgehead atoms. The Morgan fingerprint density at radius 3 is 2.44 bits per heavy atom. The van der Waals surface area contributed by atoms with Crippen molar-refractivity contribution < 1.29 is 23.9 Å². The zero-order valence-corrected chi connectivity index (χ0v) is 18.5. The quantitative estimate of drug-likeness (QED) is 0.296. The first-order valence-corrected chi connectivity index (χ1v) is 10.5. The number of primary amides is 1. The zero-order valence-electron chi connectivity index (χ0n) is 18.5. The van der Waals surface area contributed by atoms with Crippen molar-refractivity contribution in [2.24, 2.45) is 5.73 Å². The third-order valence-corrected chi connectivity index (χ3v) is 5.21. The van der Waals surface area contributed by atoms with Gasteiger partial charge in [-0.05, 0) is 24.0 Å². The maximum absolute atomic E-state index is 12.9. The number of Topliss-reactive ketones (excluding diaryl/α,β-unsaturated/α-hetero) is 1. The molecule has 2 aromatic heterocycles. The summed E-state index contributed by atoms with van der Waals surface area (Å²) in [7, 11) is 1.27. The van der Waals surface area contributed by atoms with Crippen LogP contribution in [0.4, 0.5) is 0 Å². The van der Waals surface area contributed by atoms with Crippen molar-refractivity contribution in [1.82, 2.24) is 9.61 Å². The number of carbonyl (C=O) groups excluding carboxylic acids is 3. The number of nitrogens with two attached hydrogens (primary N) is 1. The van der Waals surface area contributed by atoms with E-state index in [1.54, 1.807) is 10.6 Å². The number of carbonyl (C=O) groups is 3. The predicted octanol–water partition coefficient (Wildman–Crippen LogP) is 2.66. The molecule has 0 fully saturated rings. The molecule has 2 N–H and O–H groups in total. The minimum absolute atomic E-state index is 0.168. The van der Waals surface area contributed by atoms with Gasteiger partial charge < -0.3 is 15.2 Å². The van der Waals surface area contributed by atoms with Crippen LogP contribution < -0.4 is 10.5 Å². The largest absolute Gasteiger partial charge is 0.480 e. The highest BCUT2D eigenvalue weighted by Gasteiger charge is 2.29. The Kier molecular flexibility index (Phi) is 7.25. The van der Waals surface area contributed by atoms with Gasteiger partial charge in [-0.2, -0.15) is 5.10 Å². The molecule has 0 unspecified atom stereocenters. The fourth-order valence-corrected chi connectivity index (χ4v) is 3.77. The van der Waals surface area contributed by atoms with Crippen LogP contribution >= 0.6 is 0 Å². The Labute approximate surface area is 186 Å². The van der Waals surface area contributed by atoms with E-state index in [0.717, 1.165) is 23.4 Å². The van der Waals surface area contributed by atoms with Gasteiger partial charge in [-0.25, -0.2) is 9.31 Å². The Hall–Kier alpha value is -3.68. The summed E-state index contributed by atoms with van der Waals surface area (Å²) in [6.45, 7) is 3.59. The van der Waals surface area contributed by atoms with Gasteiger partial charge in [-0.1, -0.05) is 50.6 Å². The third kappa shape index (κ3) is 4.64. The summed E-state index contributed by atoms with van der Waals surface area (Å²) in [5.41, 5.74) is 9.11. The van der Waals surface area contributed by atoms with E-state index in [9.17, 15) is 14.4 Å². The molecule has 3 aromatic rings. The molecule has 0 saturated carbocycles. The van der Waals surface area contributed by atoms with Crippen molar-refractivity contribution in [3.8, 4) is 5.75 Å². The lowest BCUT2D eigenvalue weighted by atomic mass is 9.99. The topological polar surface area (TPSA) is 113 Å². The standard InChI is InChI=1S/C24H27N3O5/c1-4-9-16-13-19(32-14-20(28)31-3)22-21(23(29)24(25)30)17(5-2)18(27(22)26-16)12-15-10-7-6-8-11-15/h6-8,10-11,13H,4-5,9,12,14H2,1-3H3,(H2,25,30). The normalized spacial score (nSPS) is 10.8. The summed E-state index contributed by atoms with van der Waals surface area (Å²) < 4.78 is 12.1. The van der Waals surface area contributed by atoms with Crippen molar-refractivity contribution in [2.75, 3.05) is 13.7 Å². The van der Waals surface area contributed by atoms with Gasteiger partial charge in [-0.15, -0.1) is 0 Å². The second-order valence-corrected chi connectivity index (χ2v) is 7.38. The van der Waals surface area contributed by atoms with Gasteiger partial charge in [0.15, 0.2) is 6.61 Å². The van der Waals surface area contributed by atoms with Gasteiger partial charge in [-0.3, -0.25) is 9.59 Å². The predicted molar refractivity (Wildman–Crippen MR) is 119 cm³/mol. The number of esters is 1. The molecule has 0 atom stereocenters. The molecule has 1 amide bonds. The SMILES string of the molecule is CCCc1cc(OCC(=O)OC)c2c(C(=O)C(N)=O)c(CC)c(Cc3ccccc3)n2n1. The number of ketones is 1. The molecule has 0 aliphatic rings. The number of benzene rings is 1. The molecule has 0 radical (unpaired) electrons. The lowest BCUT2D eigenvalue weighted by Crippen LogP contribution is -2.24. The van der Waals surface area contributed by atoms with E-state index in [4.69, 9.17) is 15.6 Å². The van der Waals surface area contributed by atoms with Gasteiger partial charge in [0.1, 0.15) is 11.3 Å². The summed E-state index contributed by atoms with van der Waals surface area (Å²) in [4.78, 5) is 36.5. The fraction of sp³-hybridized carbons (Fsp3) is 0.333. The zero-order chi connectivity index (χ0) is 23.3. The van der Waals surface area contributed by atoms with Crippen LogP contribution in [-0.4, -0.2) is 41.0 Å². The number of aryl methyl sites for hydroxylation is 1. The maximum Gasteiger partial charge on any atom is 0.343 e. The Balaban J connectivity index is 2.32. The highest BCUT2D eigenvalue weighted by molar-refractivity contribution is 6.44. The summed E-state index contributed by atoms with van der Waals surface area (Å²) in [6, 6.07) is 11.5. The van der Waals surface area contributed by atoms with E-state index in [0.29, 0.717) is 30.3 Å². The van der Waals surface area contributed by atoms with Gasteiger partial charge in [0.25, 0.3) is 11.7 Å². The third-order valence-electron chi connectivity index (χ3n) is 5.21. The van der Waals surface area contributed by atoms with E-state index in [1.807, 2.05) is 44.2 Å². The number of nitrogens with zero attached hydrogens (tertiary/aromatic N) is 2. The van der Waals surface area contributed by atoms with Gasteiger partial charge >= 0.3 is 5.97 Å². The highest BCUT2D eigenvalue weighted by Crippen LogP contribution is 2.33. The average molecular weight is 437 g/mol. The number of ether oxygens (including phenoxy) is 2. The molecule has 8 heteroatoms. The van der Waals surface area contributed by atoms with E-state index < -0.39 is 17.7 Å². The van der Waals surface area contributed by atoms with Crippen molar-refractivity contribution >= 4 is 23.2 Å². The van der Waals surface area contributed by atoms with Crippen molar-refractivity contribution in [3.63, 3.8) is 0 Å². The molecule has 2 heterocycles. The van der Waals surface area contributed by atoms with Crippen molar-refractivity contribution in [2.45, 2.75) is 39.5 Å². The Bertz CT molecular complexity index is 1150. The van der Waals surface area contributed by atoms with E-state index in [1.165, 1.54) is 7.11 Å². The second kappa shape index (κ2) is 10.1.